The van der Waals surface area contributed by atoms with E-state index in [4.69, 9.17) is 14.6 Å². The molecule has 27 heavy (non-hydrogen) atoms. The topological polar surface area (TPSA) is 84.9 Å². The van der Waals surface area contributed by atoms with Crippen molar-refractivity contribution in [1.82, 2.24) is 5.32 Å². The number of carbonyl (C=O) groups is 2. The van der Waals surface area contributed by atoms with E-state index < -0.39 is 12.6 Å². The number of benzene rings is 2. The molecular formula is C20H20FNO5. The Morgan fingerprint density at radius 3 is 2.74 bits per heavy atom. The molecule has 2 atom stereocenters. The average Bonchev–Trinajstić information content (AvgIpc) is 3.14. The van der Waals surface area contributed by atoms with E-state index in [2.05, 4.69) is 5.32 Å². The van der Waals surface area contributed by atoms with Crippen LogP contribution in [0.15, 0.2) is 48.5 Å². The van der Waals surface area contributed by atoms with Gasteiger partial charge in [-0.2, -0.15) is 0 Å². The molecule has 0 unspecified atom stereocenters. The normalized spacial score (nSPS) is 18.9. The van der Waals surface area contributed by atoms with Gasteiger partial charge in [0.1, 0.15) is 11.6 Å². The summed E-state index contributed by atoms with van der Waals surface area (Å²) in [5, 5.41) is 11.5. The predicted molar refractivity (Wildman–Crippen MR) is 95.1 cm³/mol. The summed E-state index contributed by atoms with van der Waals surface area (Å²) in [6, 6.07) is 12.5. The van der Waals surface area contributed by atoms with Crippen LogP contribution in [-0.4, -0.2) is 36.7 Å². The number of rotatable bonds is 7. The first-order valence-corrected chi connectivity index (χ1v) is 8.63. The Balaban J connectivity index is 1.59. The monoisotopic (exact) mass is 373 g/mol. The number of ether oxygens (including phenoxy) is 2. The number of halogens is 1. The van der Waals surface area contributed by atoms with Gasteiger partial charge >= 0.3 is 5.97 Å². The molecule has 3 rings (SSSR count). The summed E-state index contributed by atoms with van der Waals surface area (Å²) in [5.41, 5.74) is 1.27. The summed E-state index contributed by atoms with van der Waals surface area (Å²) in [7, 11) is 0. The van der Waals surface area contributed by atoms with Gasteiger partial charge in [-0.25, -0.2) is 9.18 Å². The van der Waals surface area contributed by atoms with Gasteiger partial charge in [0.05, 0.1) is 6.10 Å². The molecule has 1 aliphatic rings. The molecule has 0 saturated carbocycles. The first kappa shape index (κ1) is 18.8. The molecule has 1 heterocycles. The number of carboxylic acid groups (broad SMARTS) is 1. The van der Waals surface area contributed by atoms with E-state index in [1.54, 1.807) is 30.3 Å². The van der Waals surface area contributed by atoms with Gasteiger partial charge in [0.25, 0.3) is 5.91 Å². The smallest absolute Gasteiger partial charge is 0.341 e. The fourth-order valence-corrected chi connectivity index (χ4v) is 3.06. The zero-order valence-electron chi connectivity index (χ0n) is 14.6. The summed E-state index contributed by atoms with van der Waals surface area (Å²) in [6.07, 6.45) is 0.612. The van der Waals surface area contributed by atoms with E-state index >= 15 is 0 Å². The Labute approximate surface area is 155 Å². The second-order valence-corrected chi connectivity index (χ2v) is 6.31. The van der Waals surface area contributed by atoms with Gasteiger partial charge < -0.3 is 19.9 Å². The first-order valence-electron chi connectivity index (χ1n) is 8.63. The lowest BCUT2D eigenvalue weighted by Gasteiger charge is -2.19. The van der Waals surface area contributed by atoms with E-state index in [9.17, 15) is 14.0 Å². The van der Waals surface area contributed by atoms with Crippen LogP contribution in [0.4, 0.5) is 4.39 Å². The lowest BCUT2D eigenvalue weighted by molar-refractivity contribution is -0.139. The molecule has 0 aromatic heterocycles. The van der Waals surface area contributed by atoms with Crippen molar-refractivity contribution in [3.63, 3.8) is 0 Å². The highest BCUT2D eigenvalue weighted by molar-refractivity contribution is 5.94. The van der Waals surface area contributed by atoms with E-state index in [1.807, 2.05) is 0 Å². The number of aliphatic carboxylic acids is 1. The summed E-state index contributed by atoms with van der Waals surface area (Å²) >= 11 is 0. The Kier molecular flexibility index (Phi) is 6.03. The van der Waals surface area contributed by atoms with Gasteiger partial charge in [-0.15, -0.1) is 0 Å². The summed E-state index contributed by atoms with van der Waals surface area (Å²) in [4.78, 5) is 23.0. The van der Waals surface area contributed by atoms with Crippen molar-refractivity contribution in [3.8, 4) is 5.75 Å². The Morgan fingerprint density at radius 1 is 1.22 bits per heavy atom. The van der Waals surface area contributed by atoms with Crippen molar-refractivity contribution in [2.75, 3.05) is 19.8 Å². The quantitative estimate of drug-likeness (QED) is 0.780. The van der Waals surface area contributed by atoms with Gasteiger partial charge in [0, 0.05) is 24.6 Å². The fourth-order valence-electron chi connectivity index (χ4n) is 3.06. The third kappa shape index (κ3) is 5.04. The van der Waals surface area contributed by atoms with E-state index in [0.717, 1.165) is 12.0 Å². The molecule has 1 amide bonds. The molecule has 2 aromatic rings. The molecule has 142 valence electrons. The number of hydrogen-bond donors (Lipinski definition) is 2. The predicted octanol–water partition coefficient (Wildman–Crippen LogP) is 2.80. The van der Waals surface area contributed by atoms with Crippen LogP contribution in [-0.2, 0) is 9.53 Å². The van der Waals surface area contributed by atoms with Crippen molar-refractivity contribution >= 4 is 11.9 Å². The van der Waals surface area contributed by atoms with Crippen LogP contribution in [0, 0.1) is 11.7 Å². The van der Waals surface area contributed by atoms with Crippen LogP contribution in [0.25, 0.3) is 0 Å². The fraction of sp³-hybridized carbons (Fsp3) is 0.300. The maximum atomic E-state index is 13.1. The molecule has 0 spiro atoms. The van der Waals surface area contributed by atoms with Crippen LogP contribution in [0.2, 0.25) is 0 Å². The molecule has 2 N–H and O–H groups in total. The van der Waals surface area contributed by atoms with Crippen LogP contribution in [0.1, 0.15) is 28.4 Å². The second kappa shape index (κ2) is 8.64. The maximum absolute atomic E-state index is 13.1. The van der Waals surface area contributed by atoms with Crippen molar-refractivity contribution in [1.29, 1.82) is 0 Å². The summed E-state index contributed by atoms with van der Waals surface area (Å²) < 4.78 is 23.9. The highest BCUT2D eigenvalue weighted by atomic mass is 19.1. The largest absolute Gasteiger partial charge is 0.482 e. The van der Waals surface area contributed by atoms with Crippen molar-refractivity contribution in [3.05, 3.63) is 65.5 Å². The highest BCUT2D eigenvalue weighted by Crippen LogP contribution is 2.34. The molecule has 1 fully saturated rings. The maximum Gasteiger partial charge on any atom is 0.341 e. The standard InChI is InChI=1S/C20H20FNO5/c21-16-6-4-13(5-7-16)19-15(8-9-26-19)11-22-20(25)14-2-1-3-17(10-14)27-12-18(23)24/h1-7,10,15,19H,8-9,11-12H2,(H,22,25)(H,23,24)/t15-,19-/m0/s1. The minimum Gasteiger partial charge on any atom is -0.482 e. The molecule has 0 aliphatic carbocycles. The third-order valence-corrected chi connectivity index (χ3v) is 4.40. The molecule has 2 aromatic carbocycles. The zero-order valence-corrected chi connectivity index (χ0v) is 14.6. The first-order chi connectivity index (χ1) is 13.0. The second-order valence-electron chi connectivity index (χ2n) is 6.31. The van der Waals surface area contributed by atoms with Crippen LogP contribution < -0.4 is 10.1 Å². The lowest BCUT2D eigenvalue weighted by Crippen LogP contribution is -2.30. The third-order valence-electron chi connectivity index (χ3n) is 4.40. The molecular weight excluding hydrogens is 353 g/mol. The van der Waals surface area contributed by atoms with E-state index in [1.165, 1.54) is 18.2 Å². The lowest BCUT2D eigenvalue weighted by atomic mass is 9.95. The van der Waals surface area contributed by atoms with Gasteiger partial charge in [-0.05, 0) is 42.3 Å². The molecule has 1 saturated heterocycles. The number of hydrogen-bond acceptors (Lipinski definition) is 4. The van der Waals surface area contributed by atoms with Crippen LogP contribution in [0.3, 0.4) is 0 Å². The molecule has 0 bridgehead atoms. The highest BCUT2D eigenvalue weighted by Gasteiger charge is 2.30. The van der Waals surface area contributed by atoms with Gasteiger partial charge in [-0.3, -0.25) is 4.79 Å². The minimum atomic E-state index is -1.09. The molecule has 1 aliphatic heterocycles. The van der Waals surface area contributed by atoms with Crippen LogP contribution in [0.5, 0.6) is 5.75 Å². The summed E-state index contributed by atoms with van der Waals surface area (Å²) in [5.74, 6) is -1.26. The van der Waals surface area contributed by atoms with Gasteiger partial charge in [0.15, 0.2) is 6.61 Å². The van der Waals surface area contributed by atoms with Crippen molar-refractivity contribution in [2.24, 2.45) is 5.92 Å². The number of carboxylic acids is 1. The Bertz CT molecular complexity index is 808. The van der Waals surface area contributed by atoms with E-state index in [0.29, 0.717) is 24.5 Å². The molecule has 0 radical (unpaired) electrons. The molecule has 7 heteroatoms. The Morgan fingerprint density at radius 2 is 2.00 bits per heavy atom. The number of amides is 1. The number of carbonyl (C=O) groups excluding carboxylic acids is 1. The van der Waals surface area contributed by atoms with Crippen molar-refractivity contribution < 1.29 is 28.6 Å². The van der Waals surface area contributed by atoms with Gasteiger partial charge in [0.2, 0.25) is 0 Å². The summed E-state index contributed by atoms with van der Waals surface area (Å²) in [6.45, 7) is 0.534. The minimum absolute atomic E-state index is 0.0888. The average molecular weight is 373 g/mol. The SMILES string of the molecule is O=C(O)COc1cccc(C(=O)NC[C@@H]2CCO[C@H]2c2ccc(F)cc2)c1. The van der Waals surface area contributed by atoms with Crippen LogP contribution >= 0.6 is 0 Å². The molecule has 6 nitrogen and oxygen atoms in total. The Hall–Kier alpha value is -2.93. The van der Waals surface area contributed by atoms with Gasteiger partial charge in [-0.1, -0.05) is 18.2 Å². The number of nitrogens with one attached hydrogen (secondary N) is 1. The van der Waals surface area contributed by atoms with E-state index in [-0.39, 0.29) is 23.7 Å². The zero-order chi connectivity index (χ0) is 19.2. The van der Waals surface area contributed by atoms with Crippen molar-refractivity contribution in [2.45, 2.75) is 12.5 Å².